The molecule has 7 nitrogen and oxygen atoms in total. The number of rotatable bonds is 7. The number of fused-ring (bicyclic) bond motifs is 1. The van der Waals surface area contributed by atoms with E-state index >= 15 is 0 Å². The predicted octanol–water partition coefficient (Wildman–Crippen LogP) is 2.96. The first-order valence-corrected chi connectivity index (χ1v) is 8.86. The van der Waals surface area contributed by atoms with E-state index in [2.05, 4.69) is 15.3 Å². The molecule has 1 unspecified atom stereocenters. The molecule has 0 saturated carbocycles. The highest BCUT2D eigenvalue weighted by atomic mass is 16.5. The normalized spacial score (nSPS) is 11.5. The molecule has 28 heavy (non-hydrogen) atoms. The van der Waals surface area contributed by atoms with Crippen molar-refractivity contribution in [1.29, 1.82) is 5.26 Å². The van der Waals surface area contributed by atoms with Crippen molar-refractivity contribution in [2.75, 3.05) is 13.7 Å². The predicted molar refractivity (Wildman–Crippen MR) is 104 cm³/mol. The summed E-state index contributed by atoms with van der Waals surface area (Å²) in [7, 11) is 1.57. The lowest BCUT2D eigenvalue weighted by Crippen LogP contribution is -2.29. The Morgan fingerprint density at radius 3 is 2.50 bits per heavy atom. The Balaban J connectivity index is 1.88. The molecule has 2 aromatic carbocycles. The van der Waals surface area contributed by atoms with E-state index in [1.54, 1.807) is 19.2 Å². The SMILES string of the molecule is CCOc1nc2ccccc2nc1C(C#N)C(=O)NCc1ccccc1OC. The molecule has 1 aromatic heterocycles. The van der Waals surface area contributed by atoms with Gasteiger partial charge in [0.1, 0.15) is 11.4 Å². The second-order valence-corrected chi connectivity index (χ2v) is 5.93. The first-order valence-electron chi connectivity index (χ1n) is 8.86. The number of nitrogens with zero attached hydrogens (tertiary/aromatic N) is 3. The van der Waals surface area contributed by atoms with Gasteiger partial charge in [0.2, 0.25) is 11.8 Å². The van der Waals surface area contributed by atoms with E-state index in [1.807, 2.05) is 49.4 Å². The molecule has 7 heteroatoms. The fourth-order valence-electron chi connectivity index (χ4n) is 2.81. The van der Waals surface area contributed by atoms with Crippen LogP contribution in [0.15, 0.2) is 48.5 Å². The number of ether oxygens (including phenoxy) is 2. The van der Waals surface area contributed by atoms with Crippen molar-refractivity contribution in [2.24, 2.45) is 0 Å². The van der Waals surface area contributed by atoms with Crippen molar-refractivity contribution in [2.45, 2.75) is 19.4 Å². The fraction of sp³-hybridized carbons (Fsp3) is 0.238. The van der Waals surface area contributed by atoms with Gasteiger partial charge >= 0.3 is 0 Å². The van der Waals surface area contributed by atoms with E-state index in [-0.39, 0.29) is 18.1 Å². The molecule has 0 aliphatic rings. The third kappa shape index (κ3) is 4.01. The standard InChI is InChI=1S/C21H20N4O3/c1-3-28-21-19(24-16-9-5-6-10-17(16)25-21)15(12-22)20(26)23-13-14-8-4-7-11-18(14)27-2/h4-11,15H,3,13H2,1-2H3,(H,23,26). The minimum Gasteiger partial charge on any atom is -0.496 e. The van der Waals surface area contributed by atoms with Gasteiger partial charge in [0.25, 0.3) is 0 Å². The molecule has 1 heterocycles. The number of hydrogen-bond donors (Lipinski definition) is 1. The van der Waals surface area contributed by atoms with E-state index in [0.29, 0.717) is 23.4 Å². The number of nitriles is 1. The number of carbonyl (C=O) groups is 1. The Hall–Kier alpha value is -3.66. The number of benzene rings is 2. The molecule has 0 bridgehead atoms. The van der Waals surface area contributed by atoms with Crippen LogP contribution in [-0.4, -0.2) is 29.6 Å². The zero-order valence-corrected chi connectivity index (χ0v) is 15.7. The molecule has 1 amide bonds. The van der Waals surface area contributed by atoms with Crippen LogP contribution in [0.1, 0.15) is 24.1 Å². The van der Waals surface area contributed by atoms with Gasteiger partial charge < -0.3 is 14.8 Å². The molecular formula is C21H20N4O3. The molecule has 0 spiro atoms. The average Bonchev–Trinajstić information content (AvgIpc) is 2.73. The molecule has 1 N–H and O–H groups in total. The maximum atomic E-state index is 12.7. The Kier molecular flexibility index (Phi) is 6.02. The summed E-state index contributed by atoms with van der Waals surface area (Å²) in [4.78, 5) is 21.6. The van der Waals surface area contributed by atoms with E-state index in [9.17, 15) is 10.1 Å². The number of methoxy groups -OCH3 is 1. The molecule has 0 fully saturated rings. The molecule has 3 aromatic rings. The van der Waals surface area contributed by atoms with Gasteiger partial charge in [-0.05, 0) is 25.1 Å². The number of hydrogen-bond acceptors (Lipinski definition) is 6. The lowest BCUT2D eigenvalue weighted by molar-refractivity contribution is -0.121. The third-order valence-electron chi connectivity index (χ3n) is 4.16. The maximum Gasteiger partial charge on any atom is 0.244 e. The monoisotopic (exact) mass is 376 g/mol. The lowest BCUT2D eigenvalue weighted by Gasteiger charge is -2.15. The summed E-state index contributed by atoms with van der Waals surface area (Å²) in [6, 6.07) is 16.6. The van der Waals surface area contributed by atoms with Gasteiger partial charge in [0.15, 0.2) is 5.92 Å². The Bertz CT molecular complexity index is 1030. The summed E-state index contributed by atoms with van der Waals surface area (Å²) in [5.41, 5.74) is 2.25. The highest BCUT2D eigenvalue weighted by molar-refractivity contribution is 5.87. The average molecular weight is 376 g/mol. The van der Waals surface area contributed by atoms with Crippen LogP contribution in [0, 0.1) is 11.3 Å². The van der Waals surface area contributed by atoms with Crippen LogP contribution in [0.4, 0.5) is 0 Å². The number of nitrogens with one attached hydrogen (secondary N) is 1. The second kappa shape index (κ2) is 8.82. The minimum absolute atomic E-state index is 0.195. The largest absolute Gasteiger partial charge is 0.496 e. The van der Waals surface area contributed by atoms with Crippen molar-refractivity contribution in [3.05, 3.63) is 59.8 Å². The summed E-state index contributed by atoms with van der Waals surface area (Å²) in [6.07, 6.45) is 0. The van der Waals surface area contributed by atoms with Crippen molar-refractivity contribution in [3.63, 3.8) is 0 Å². The summed E-state index contributed by atoms with van der Waals surface area (Å²) in [5, 5.41) is 12.4. The zero-order valence-electron chi connectivity index (χ0n) is 15.7. The van der Waals surface area contributed by atoms with Crippen LogP contribution >= 0.6 is 0 Å². The molecule has 0 aliphatic heterocycles. The second-order valence-electron chi connectivity index (χ2n) is 5.93. The first-order chi connectivity index (χ1) is 13.7. The smallest absolute Gasteiger partial charge is 0.244 e. The van der Waals surface area contributed by atoms with Crippen LogP contribution in [0.5, 0.6) is 11.6 Å². The van der Waals surface area contributed by atoms with E-state index in [0.717, 1.165) is 5.56 Å². The summed E-state index contributed by atoms with van der Waals surface area (Å²) < 4.78 is 10.8. The molecular weight excluding hydrogens is 356 g/mol. The van der Waals surface area contributed by atoms with Gasteiger partial charge in [-0.15, -0.1) is 0 Å². The van der Waals surface area contributed by atoms with E-state index in [4.69, 9.17) is 9.47 Å². The zero-order chi connectivity index (χ0) is 19.9. The van der Waals surface area contributed by atoms with Gasteiger partial charge in [-0.3, -0.25) is 4.79 Å². The molecule has 1 atom stereocenters. The maximum absolute atomic E-state index is 12.7. The van der Waals surface area contributed by atoms with Gasteiger partial charge in [0, 0.05) is 12.1 Å². The number of aromatic nitrogens is 2. The lowest BCUT2D eigenvalue weighted by atomic mass is 10.1. The fourth-order valence-corrected chi connectivity index (χ4v) is 2.81. The molecule has 0 aliphatic carbocycles. The van der Waals surface area contributed by atoms with Crippen molar-refractivity contribution < 1.29 is 14.3 Å². The Labute approximate surface area is 162 Å². The van der Waals surface area contributed by atoms with Gasteiger partial charge in [0.05, 0.1) is 30.8 Å². The highest BCUT2D eigenvalue weighted by Gasteiger charge is 2.27. The number of para-hydroxylation sites is 3. The summed E-state index contributed by atoms with van der Waals surface area (Å²) >= 11 is 0. The quantitative estimate of drug-likeness (QED) is 0.681. The van der Waals surface area contributed by atoms with Crippen LogP contribution < -0.4 is 14.8 Å². The first kappa shape index (κ1) is 19.1. The van der Waals surface area contributed by atoms with Crippen LogP contribution in [0.2, 0.25) is 0 Å². The Morgan fingerprint density at radius 2 is 1.82 bits per heavy atom. The van der Waals surface area contributed by atoms with E-state index in [1.165, 1.54) is 0 Å². The summed E-state index contributed by atoms with van der Waals surface area (Å²) in [5.74, 6) is -0.760. The number of amides is 1. The molecule has 3 rings (SSSR count). The third-order valence-corrected chi connectivity index (χ3v) is 4.16. The van der Waals surface area contributed by atoms with Crippen molar-refractivity contribution in [1.82, 2.24) is 15.3 Å². The van der Waals surface area contributed by atoms with Gasteiger partial charge in [-0.2, -0.15) is 5.26 Å². The summed E-state index contributed by atoms with van der Waals surface area (Å²) in [6.45, 7) is 2.39. The highest BCUT2D eigenvalue weighted by Crippen LogP contribution is 2.26. The minimum atomic E-state index is -1.15. The van der Waals surface area contributed by atoms with Gasteiger partial charge in [-0.25, -0.2) is 9.97 Å². The molecule has 0 radical (unpaired) electrons. The topological polar surface area (TPSA) is 97.1 Å². The van der Waals surface area contributed by atoms with Crippen LogP contribution in [-0.2, 0) is 11.3 Å². The molecule has 0 saturated heterocycles. The van der Waals surface area contributed by atoms with E-state index < -0.39 is 11.8 Å². The molecule has 142 valence electrons. The van der Waals surface area contributed by atoms with Gasteiger partial charge in [-0.1, -0.05) is 30.3 Å². The van der Waals surface area contributed by atoms with Crippen LogP contribution in [0.3, 0.4) is 0 Å². The number of carbonyl (C=O) groups excluding carboxylic acids is 1. The Morgan fingerprint density at radius 1 is 1.14 bits per heavy atom. The van der Waals surface area contributed by atoms with Crippen molar-refractivity contribution >= 4 is 16.9 Å². The van der Waals surface area contributed by atoms with Crippen LogP contribution in [0.25, 0.3) is 11.0 Å². The van der Waals surface area contributed by atoms with Crippen molar-refractivity contribution in [3.8, 4) is 17.7 Å².